The maximum Gasteiger partial charge on any atom is 0.246 e. The fourth-order valence-electron chi connectivity index (χ4n) is 3.04. The highest BCUT2D eigenvalue weighted by Gasteiger charge is 2.31. The highest BCUT2D eigenvalue weighted by molar-refractivity contribution is 7.92. The minimum Gasteiger partial charge on any atom is -0.337 e. The van der Waals surface area contributed by atoms with Crippen LogP contribution in [0.2, 0.25) is 0 Å². The molecule has 3 rings (SSSR count). The fourth-order valence-corrected chi connectivity index (χ4v) is 4.20. The fraction of sp³-hybridized carbons (Fsp3) is 0.250. The number of carbonyl (C=O) groups is 1. The SMILES string of the molecule is CC(C(=O)N(C)Cc1nc(-c2ccccc2)no1)N(c1cccc(F)c1)S(C)(=O)=O. The Morgan fingerprint density at radius 3 is 2.50 bits per heavy atom. The summed E-state index contributed by atoms with van der Waals surface area (Å²) in [6, 6.07) is 13.2. The van der Waals surface area contributed by atoms with Crippen LogP contribution in [0.25, 0.3) is 11.4 Å². The number of nitrogens with zero attached hydrogens (tertiary/aromatic N) is 4. The van der Waals surface area contributed by atoms with Gasteiger partial charge in [-0.3, -0.25) is 9.10 Å². The second-order valence-electron chi connectivity index (χ2n) is 6.79. The number of aromatic nitrogens is 2. The first-order valence-corrected chi connectivity index (χ1v) is 10.9. The van der Waals surface area contributed by atoms with E-state index in [1.807, 2.05) is 30.3 Å². The molecule has 0 radical (unpaired) electrons. The summed E-state index contributed by atoms with van der Waals surface area (Å²) in [5.74, 6) is -0.525. The van der Waals surface area contributed by atoms with Crippen LogP contribution in [0.15, 0.2) is 59.1 Å². The van der Waals surface area contributed by atoms with Crippen molar-refractivity contribution in [2.24, 2.45) is 0 Å². The van der Waals surface area contributed by atoms with Crippen LogP contribution in [-0.4, -0.2) is 48.7 Å². The largest absolute Gasteiger partial charge is 0.337 e. The van der Waals surface area contributed by atoms with Gasteiger partial charge in [0.2, 0.25) is 27.6 Å². The molecular weight excluding hydrogens is 411 g/mol. The Labute approximate surface area is 174 Å². The summed E-state index contributed by atoms with van der Waals surface area (Å²) in [7, 11) is -2.35. The Balaban J connectivity index is 1.78. The van der Waals surface area contributed by atoms with Crippen LogP contribution in [0.5, 0.6) is 0 Å². The van der Waals surface area contributed by atoms with E-state index in [1.165, 1.54) is 37.1 Å². The summed E-state index contributed by atoms with van der Waals surface area (Å²) in [6.07, 6.45) is 0.964. The van der Waals surface area contributed by atoms with Gasteiger partial charge in [0.1, 0.15) is 11.9 Å². The van der Waals surface area contributed by atoms with E-state index in [0.717, 1.165) is 22.2 Å². The van der Waals surface area contributed by atoms with Gasteiger partial charge in [-0.15, -0.1) is 0 Å². The molecule has 158 valence electrons. The van der Waals surface area contributed by atoms with E-state index in [0.29, 0.717) is 5.82 Å². The van der Waals surface area contributed by atoms with Gasteiger partial charge in [-0.1, -0.05) is 41.6 Å². The van der Waals surface area contributed by atoms with Crippen molar-refractivity contribution < 1.29 is 22.1 Å². The average Bonchev–Trinajstić information content (AvgIpc) is 3.15. The lowest BCUT2D eigenvalue weighted by molar-refractivity contribution is -0.131. The zero-order valence-electron chi connectivity index (χ0n) is 16.7. The number of sulfonamides is 1. The molecule has 1 atom stereocenters. The molecule has 0 saturated heterocycles. The zero-order valence-corrected chi connectivity index (χ0v) is 17.5. The van der Waals surface area contributed by atoms with Gasteiger partial charge >= 0.3 is 0 Å². The Hall–Kier alpha value is -3.27. The third-order valence-corrected chi connectivity index (χ3v) is 5.62. The molecule has 2 aromatic carbocycles. The molecule has 1 aromatic heterocycles. The van der Waals surface area contributed by atoms with Crippen molar-refractivity contribution in [3.8, 4) is 11.4 Å². The Morgan fingerprint density at radius 2 is 1.87 bits per heavy atom. The third-order valence-electron chi connectivity index (χ3n) is 4.38. The van der Waals surface area contributed by atoms with E-state index in [1.54, 1.807) is 0 Å². The first-order chi connectivity index (χ1) is 14.2. The molecule has 1 unspecified atom stereocenters. The van der Waals surface area contributed by atoms with Gasteiger partial charge in [-0.2, -0.15) is 4.98 Å². The molecule has 0 fully saturated rings. The van der Waals surface area contributed by atoms with Crippen molar-refractivity contribution in [2.45, 2.75) is 19.5 Å². The molecule has 0 aliphatic carbocycles. The van der Waals surface area contributed by atoms with Crippen molar-refractivity contribution in [3.63, 3.8) is 0 Å². The predicted octanol–water partition coefficient (Wildman–Crippen LogP) is 2.69. The van der Waals surface area contributed by atoms with E-state index < -0.39 is 27.8 Å². The summed E-state index contributed by atoms with van der Waals surface area (Å²) in [5.41, 5.74) is 0.833. The summed E-state index contributed by atoms with van der Waals surface area (Å²) < 4.78 is 44.4. The third kappa shape index (κ3) is 4.82. The summed E-state index contributed by atoms with van der Waals surface area (Å²) in [4.78, 5) is 18.5. The van der Waals surface area contributed by atoms with Gasteiger partial charge in [0.25, 0.3) is 0 Å². The maximum atomic E-state index is 13.6. The van der Waals surface area contributed by atoms with Crippen LogP contribution >= 0.6 is 0 Å². The van der Waals surface area contributed by atoms with Crippen LogP contribution in [0.3, 0.4) is 0 Å². The van der Waals surface area contributed by atoms with E-state index in [9.17, 15) is 17.6 Å². The van der Waals surface area contributed by atoms with Crippen LogP contribution in [-0.2, 0) is 21.4 Å². The van der Waals surface area contributed by atoms with Crippen LogP contribution in [0, 0.1) is 5.82 Å². The van der Waals surface area contributed by atoms with E-state index in [-0.39, 0.29) is 18.1 Å². The predicted molar refractivity (Wildman–Crippen MR) is 109 cm³/mol. The normalized spacial score (nSPS) is 12.4. The number of amides is 1. The number of halogens is 1. The quantitative estimate of drug-likeness (QED) is 0.570. The van der Waals surface area contributed by atoms with Gasteiger partial charge in [-0.25, -0.2) is 12.8 Å². The molecule has 1 amide bonds. The summed E-state index contributed by atoms with van der Waals surface area (Å²) in [6.45, 7) is 1.43. The lowest BCUT2D eigenvalue weighted by atomic mass is 10.2. The lowest BCUT2D eigenvalue weighted by Gasteiger charge is -2.30. The van der Waals surface area contributed by atoms with Crippen molar-refractivity contribution in [1.82, 2.24) is 15.0 Å². The first kappa shape index (κ1) is 21.4. The minimum atomic E-state index is -3.85. The number of rotatable bonds is 7. The molecule has 0 spiro atoms. The summed E-state index contributed by atoms with van der Waals surface area (Å²) in [5, 5.41) is 3.90. The topological polar surface area (TPSA) is 96.6 Å². The lowest BCUT2D eigenvalue weighted by Crippen LogP contribution is -2.48. The highest BCUT2D eigenvalue weighted by Crippen LogP contribution is 2.23. The van der Waals surface area contributed by atoms with Gasteiger partial charge in [0, 0.05) is 12.6 Å². The molecule has 0 aliphatic heterocycles. The van der Waals surface area contributed by atoms with Gasteiger partial charge in [0.05, 0.1) is 18.5 Å². The molecule has 0 saturated carbocycles. The standard InChI is InChI=1S/C20H21FN4O4S/c1-14(25(30(3,27)28)17-11-7-10-16(21)12-17)20(26)24(2)13-18-22-19(23-29-18)15-8-5-4-6-9-15/h4-12,14H,13H2,1-3H3. The van der Waals surface area contributed by atoms with Gasteiger partial charge in [-0.05, 0) is 25.1 Å². The second-order valence-corrected chi connectivity index (χ2v) is 8.65. The van der Waals surface area contributed by atoms with Crippen molar-refractivity contribution in [3.05, 3.63) is 66.3 Å². The van der Waals surface area contributed by atoms with Gasteiger partial charge < -0.3 is 9.42 Å². The van der Waals surface area contributed by atoms with E-state index in [4.69, 9.17) is 4.52 Å². The smallest absolute Gasteiger partial charge is 0.246 e. The molecule has 0 aliphatic rings. The Kier molecular flexibility index (Phi) is 6.16. The molecule has 10 heteroatoms. The molecule has 0 bridgehead atoms. The molecule has 3 aromatic rings. The number of carbonyl (C=O) groups excluding carboxylic acids is 1. The number of likely N-dealkylation sites (N-methyl/N-ethyl adjacent to an activating group) is 1. The zero-order chi connectivity index (χ0) is 21.9. The second kappa shape index (κ2) is 8.62. The van der Waals surface area contributed by atoms with E-state index in [2.05, 4.69) is 10.1 Å². The number of hydrogen-bond acceptors (Lipinski definition) is 6. The number of benzene rings is 2. The van der Waals surface area contributed by atoms with Crippen molar-refractivity contribution >= 4 is 21.6 Å². The molecule has 8 nitrogen and oxygen atoms in total. The van der Waals surface area contributed by atoms with Crippen molar-refractivity contribution in [1.29, 1.82) is 0 Å². The van der Waals surface area contributed by atoms with Crippen LogP contribution in [0.1, 0.15) is 12.8 Å². The molecule has 0 N–H and O–H groups in total. The van der Waals surface area contributed by atoms with Crippen LogP contribution in [0.4, 0.5) is 10.1 Å². The Morgan fingerprint density at radius 1 is 1.17 bits per heavy atom. The van der Waals surface area contributed by atoms with Crippen molar-refractivity contribution in [2.75, 3.05) is 17.6 Å². The first-order valence-electron chi connectivity index (χ1n) is 9.05. The minimum absolute atomic E-state index is 0.0102. The molecular formula is C20H21FN4O4S. The number of anilines is 1. The molecule has 1 heterocycles. The average molecular weight is 432 g/mol. The highest BCUT2D eigenvalue weighted by atomic mass is 32.2. The number of hydrogen-bond donors (Lipinski definition) is 0. The van der Waals surface area contributed by atoms with Crippen LogP contribution < -0.4 is 4.31 Å². The molecule has 30 heavy (non-hydrogen) atoms. The van der Waals surface area contributed by atoms with Gasteiger partial charge in [0.15, 0.2) is 0 Å². The summed E-state index contributed by atoms with van der Waals surface area (Å²) >= 11 is 0. The Bertz CT molecular complexity index is 1130. The monoisotopic (exact) mass is 432 g/mol. The maximum absolute atomic E-state index is 13.6. The van der Waals surface area contributed by atoms with E-state index >= 15 is 0 Å².